The molecule has 0 amide bonds. The van der Waals surface area contributed by atoms with Crippen LogP contribution in [0.1, 0.15) is 5.69 Å². The summed E-state index contributed by atoms with van der Waals surface area (Å²) in [6.45, 7) is 1.97. The number of anilines is 1. The largest absolute Gasteiger partial charge is 0.397 e. The van der Waals surface area contributed by atoms with Gasteiger partial charge in [0.15, 0.2) is 5.82 Å². The van der Waals surface area contributed by atoms with Gasteiger partial charge in [-0.2, -0.15) is 0 Å². The Kier molecular flexibility index (Phi) is 1.94. The van der Waals surface area contributed by atoms with Gasteiger partial charge in [-0.3, -0.25) is 0 Å². The number of aryl methyl sites for hydroxylation is 1. The fourth-order valence-electron chi connectivity index (χ4n) is 1.69. The van der Waals surface area contributed by atoms with Gasteiger partial charge in [0.05, 0.1) is 27.3 Å². The molecule has 80 valence electrons. The van der Waals surface area contributed by atoms with Crippen molar-refractivity contribution in [3.63, 3.8) is 0 Å². The first-order valence-electron chi connectivity index (χ1n) is 4.90. The number of thiazole rings is 1. The molecule has 16 heavy (non-hydrogen) atoms. The number of hydrogen-bond acceptors (Lipinski definition) is 4. The first kappa shape index (κ1) is 9.35. The van der Waals surface area contributed by atoms with Crippen molar-refractivity contribution in [3.8, 4) is 10.7 Å². The van der Waals surface area contributed by atoms with E-state index in [0.29, 0.717) is 5.69 Å². The van der Waals surface area contributed by atoms with Crippen molar-refractivity contribution >= 4 is 28.1 Å². The highest BCUT2D eigenvalue weighted by atomic mass is 32.1. The van der Waals surface area contributed by atoms with Crippen LogP contribution in [0, 0.1) is 6.92 Å². The standard InChI is InChI=1S/C11H10N4S/c1-6-10(16-5-13-6)11-14-8-4-2-3-7(12)9(8)15-11/h2-5H,12H2,1H3,(H,14,15). The molecule has 0 aliphatic carbocycles. The molecule has 0 radical (unpaired) electrons. The van der Waals surface area contributed by atoms with E-state index in [1.165, 1.54) is 0 Å². The zero-order chi connectivity index (χ0) is 11.1. The second-order valence-electron chi connectivity index (χ2n) is 3.60. The molecule has 0 saturated heterocycles. The molecule has 0 unspecified atom stereocenters. The molecule has 3 N–H and O–H groups in total. The smallest absolute Gasteiger partial charge is 0.150 e. The average molecular weight is 230 g/mol. The van der Waals surface area contributed by atoms with Crippen LogP contribution in [0.3, 0.4) is 0 Å². The van der Waals surface area contributed by atoms with E-state index in [0.717, 1.165) is 27.4 Å². The summed E-state index contributed by atoms with van der Waals surface area (Å²) in [5, 5.41) is 0. The number of benzene rings is 1. The lowest BCUT2D eigenvalue weighted by molar-refractivity contribution is 1.24. The van der Waals surface area contributed by atoms with Crippen LogP contribution in [0.5, 0.6) is 0 Å². The zero-order valence-electron chi connectivity index (χ0n) is 8.69. The van der Waals surface area contributed by atoms with Crippen molar-refractivity contribution in [2.75, 3.05) is 5.73 Å². The summed E-state index contributed by atoms with van der Waals surface area (Å²) in [6.07, 6.45) is 0. The second kappa shape index (κ2) is 3.31. The monoisotopic (exact) mass is 230 g/mol. The van der Waals surface area contributed by atoms with Crippen molar-refractivity contribution in [1.82, 2.24) is 15.0 Å². The number of fused-ring (bicyclic) bond motifs is 1. The number of nitrogens with one attached hydrogen (secondary N) is 1. The first-order valence-corrected chi connectivity index (χ1v) is 5.78. The zero-order valence-corrected chi connectivity index (χ0v) is 9.51. The molecule has 0 saturated carbocycles. The lowest BCUT2D eigenvalue weighted by atomic mass is 10.3. The predicted molar refractivity (Wildman–Crippen MR) is 66.4 cm³/mol. The number of aromatic amines is 1. The SMILES string of the molecule is Cc1ncsc1-c1nc2c(N)cccc2[nH]1. The molecule has 2 aromatic heterocycles. The van der Waals surface area contributed by atoms with Crippen LogP contribution in [-0.4, -0.2) is 15.0 Å². The van der Waals surface area contributed by atoms with Crippen LogP contribution in [0.2, 0.25) is 0 Å². The Bertz CT molecular complexity index is 653. The minimum atomic E-state index is 0.696. The van der Waals surface area contributed by atoms with Gasteiger partial charge in [-0.15, -0.1) is 11.3 Å². The van der Waals surface area contributed by atoms with E-state index in [1.807, 2.05) is 30.6 Å². The highest BCUT2D eigenvalue weighted by molar-refractivity contribution is 7.13. The Balaban J connectivity index is 2.27. The number of para-hydroxylation sites is 1. The lowest BCUT2D eigenvalue weighted by Gasteiger charge is -1.90. The maximum atomic E-state index is 5.87. The van der Waals surface area contributed by atoms with Crippen molar-refractivity contribution in [1.29, 1.82) is 0 Å². The van der Waals surface area contributed by atoms with Crippen LogP contribution in [0.15, 0.2) is 23.7 Å². The molecular weight excluding hydrogens is 220 g/mol. The van der Waals surface area contributed by atoms with Gasteiger partial charge in [-0.1, -0.05) is 6.07 Å². The third kappa shape index (κ3) is 1.29. The van der Waals surface area contributed by atoms with E-state index >= 15 is 0 Å². The summed E-state index contributed by atoms with van der Waals surface area (Å²) in [4.78, 5) is 13.0. The van der Waals surface area contributed by atoms with E-state index in [2.05, 4.69) is 15.0 Å². The number of nitrogens with two attached hydrogens (primary N) is 1. The third-order valence-corrected chi connectivity index (χ3v) is 3.44. The topological polar surface area (TPSA) is 67.6 Å². The second-order valence-corrected chi connectivity index (χ2v) is 4.45. The first-order chi connectivity index (χ1) is 7.75. The van der Waals surface area contributed by atoms with Gasteiger partial charge >= 0.3 is 0 Å². The molecule has 0 atom stereocenters. The summed E-state index contributed by atoms with van der Waals surface area (Å²) >= 11 is 1.58. The minimum absolute atomic E-state index is 0.696. The van der Waals surface area contributed by atoms with E-state index < -0.39 is 0 Å². The van der Waals surface area contributed by atoms with Gasteiger partial charge in [0.25, 0.3) is 0 Å². The Labute approximate surface area is 96.2 Å². The maximum absolute atomic E-state index is 5.87. The average Bonchev–Trinajstić information content (AvgIpc) is 2.84. The number of aromatic nitrogens is 3. The van der Waals surface area contributed by atoms with Crippen molar-refractivity contribution < 1.29 is 0 Å². The van der Waals surface area contributed by atoms with E-state index in [4.69, 9.17) is 5.73 Å². The lowest BCUT2D eigenvalue weighted by Crippen LogP contribution is -1.85. The van der Waals surface area contributed by atoms with Gasteiger partial charge in [-0.05, 0) is 19.1 Å². The predicted octanol–water partition coefficient (Wildman–Crippen LogP) is 2.58. The maximum Gasteiger partial charge on any atom is 0.150 e. The van der Waals surface area contributed by atoms with Crippen LogP contribution in [-0.2, 0) is 0 Å². The molecule has 0 spiro atoms. The van der Waals surface area contributed by atoms with Crippen molar-refractivity contribution in [2.45, 2.75) is 6.92 Å². The molecule has 3 rings (SSSR count). The number of nitrogen functional groups attached to an aromatic ring is 1. The van der Waals surface area contributed by atoms with Crippen LogP contribution in [0.25, 0.3) is 21.7 Å². The van der Waals surface area contributed by atoms with E-state index in [1.54, 1.807) is 11.3 Å². The van der Waals surface area contributed by atoms with E-state index in [-0.39, 0.29) is 0 Å². The van der Waals surface area contributed by atoms with Gasteiger partial charge in [0.2, 0.25) is 0 Å². The molecule has 5 heteroatoms. The number of hydrogen-bond donors (Lipinski definition) is 2. The van der Waals surface area contributed by atoms with Gasteiger partial charge in [-0.25, -0.2) is 9.97 Å². The van der Waals surface area contributed by atoms with Crippen LogP contribution < -0.4 is 5.73 Å². The molecule has 0 aliphatic rings. The normalized spacial score (nSPS) is 11.1. The van der Waals surface area contributed by atoms with Gasteiger partial charge < -0.3 is 10.7 Å². The molecule has 4 nitrogen and oxygen atoms in total. The third-order valence-electron chi connectivity index (χ3n) is 2.50. The van der Waals surface area contributed by atoms with Crippen LogP contribution >= 0.6 is 11.3 Å². The summed E-state index contributed by atoms with van der Waals surface area (Å²) in [6, 6.07) is 5.74. The molecule has 0 bridgehead atoms. The summed E-state index contributed by atoms with van der Waals surface area (Å²) in [7, 11) is 0. The Morgan fingerprint density at radius 3 is 2.94 bits per heavy atom. The van der Waals surface area contributed by atoms with Crippen molar-refractivity contribution in [3.05, 3.63) is 29.4 Å². The molecule has 3 aromatic rings. The number of rotatable bonds is 1. The fraction of sp³-hybridized carbons (Fsp3) is 0.0909. The molecule has 1 aromatic carbocycles. The van der Waals surface area contributed by atoms with Gasteiger partial charge in [0.1, 0.15) is 5.52 Å². The van der Waals surface area contributed by atoms with Crippen molar-refractivity contribution in [2.24, 2.45) is 0 Å². The highest BCUT2D eigenvalue weighted by Crippen LogP contribution is 2.28. The Hall–Kier alpha value is -1.88. The van der Waals surface area contributed by atoms with Crippen LogP contribution in [0.4, 0.5) is 5.69 Å². The number of imidazole rings is 1. The summed E-state index contributed by atoms with van der Waals surface area (Å²) < 4.78 is 0. The Morgan fingerprint density at radius 1 is 1.38 bits per heavy atom. The summed E-state index contributed by atoms with van der Waals surface area (Å²) in [5.41, 5.74) is 11.2. The summed E-state index contributed by atoms with van der Waals surface area (Å²) in [5.74, 6) is 0.841. The number of nitrogens with zero attached hydrogens (tertiary/aromatic N) is 2. The quantitative estimate of drug-likeness (QED) is 0.631. The molecular formula is C11H10N4S. The molecule has 2 heterocycles. The Morgan fingerprint density at radius 2 is 2.25 bits per heavy atom. The minimum Gasteiger partial charge on any atom is -0.397 e. The highest BCUT2D eigenvalue weighted by Gasteiger charge is 2.10. The molecule has 0 aliphatic heterocycles. The van der Waals surface area contributed by atoms with Gasteiger partial charge in [0, 0.05) is 0 Å². The van der Waals surface area contributed by atoms with E-state index in [9.17, 15) is 0 Å². The molecule has 0 fully saturated rings. The number of H-pyrrole nitrogens is 1. The fourth-order valence-corrected chi connectivity index (χ4v) is 2.44.